The minimum Gasteiger partial charge on any atom is -0.490 e. The first-order chi connectivity index (χ1) is 14.7. The molecule has 0 radical (unpaired) electrons. The molecule has 1 saturated carbocycles. The van der Waals surface area contributed by atoms with Crippen molar-refractivity contribution in [1.29, 1.82) is 0 Å². The van der Waals surface area contributed by atoms with Gasteiger partial charge in [-0.25, -0.2) is 22.3 Å². The molecule has 0 unspecified atom stereocenters. The van der Waals surface area contributed by atoms with Crippen molar-refractivity contribution in [1.82, 2.24) is 14.3 Å². The summed E-state index contributed by atoms with van der Waals surface area (Å²) in [6.45, 7) is 2.38. The van der Waals surface area contributed by atoms with Crippen molar-refractivity contribution in [2.45, 2.75) is 38.8 Å². The summed E-state index contributed by atoms with van der Waals surface area (Å²) in [5, 5.41) is 0. The molecular weight excluding hydrogens is 425 g/mol. The van der Waals surface area contributed by atoms with Gasteiger partial charge in [-0.3, -0.25) is 14.3 Å². The maximum atomic E-state index is 13.9. The van der Waals surface area contributed by atoms with Crippen LogP contribution < -0.4 is 20.7 Å². The van der Waals surface area contributed by atoms with Crippen LogP contribution in [0, 0.1) is 11.7 Å². The molecule has 8 nitrogen and oxygen atoms in total. The Bertz CT molecular complexity index is 1150. The molecule has 0 aliphatic heterocycles. The molecule has 3 rings (SSSR count). The van der Waals surface area contributed by atoms with E-state index in [1.54, 1.807) is 19.1 Å². The summed E-state index contributed by atoms with van der Waals surface area (Å²) in [4.78, 5) is 24.8. The maximum Gasteiger partial charge on any atom is 0.328 e. The van der Waals surface area contributed by atoms with E-state index < -0.39 is 33.1 Å². The van der Waals surface area contributed by atoms with Gasteiger partial charge in [-0.15, -0.1) is 0 Å². The van der Waals surface area contributed by atoms with E-state index in [1.165, 1.54) is 35.0 Å². The van der Waals surface area contributed by atoms with Gasteiger partial charge >= 0.3 is 5.69 Å². The highest BCUT2D eigenvalue weighted by atomic mass is 32.2. The zero-order valence-corrected chi connectivity index (χ0v) is 18.0. The van der Waals surface area contributed by atoms with Crippen LogP contribution >= 0.6 is 0 Å². The fraction of sp³-hybridized carbons (Fsp3) is 0.429. The highest BCUT2D eigenvalue weighted by Crippen LogP contribution is 2.31. The average Bonchev–Trinajstić information content (AvgIpc) is 3.52. The van der Waals surface area contributed by atoms with Crippen molar-refractivity contribution >= 4 is 10.0 Å². The van der Waals surface area contributed by atoms with E-state index in [1.807, 2.05) is 0 Å². The Morgan fingerprint density at radius 2 is 2.06 bits per heavy atom. The zero-order chi connectivity index (χ0) is 22.4. The Labute approximate surface area is 179 Å². The smallest absolute Gasteiger partial charge is 0.328 e. The van der Waals surface area contributed by atoms with Gasteiger partial charge in [0.2, 0.25) is 10.0 Å². The lowest BCUT2D eigenvalue weighted by Crippen LogP contribution is -2.29. The van der Waals surface area contributed by atoms with Gasteiger partial charge in [0.15, 0.2) is 11.6 Å². The van der Waals surface area contributed by atoms with Gasteiger partial charge in [-0.05, 0) is 49.8 Å². The number of benzene rings is 1. The third-order valence-corrected chi connectivity index (χ3v) is 6.39. The molecule has 1 aliphatic carbocycles. The van der Waals surface area contributed by atoms with E-state index in [4.69, 9.17) is 4.74 Å². The van der Waals surface area contributed by atoms with E-state index in [0.717, 1.165) is 12.8 Å². The highest BCUT2D eigenvalue weighted by molar-refractivity contribution is 7.89. The van der Waals surface area contributed by atoms with Crippen molar-refractivity contribution in [3.05, 3.63) is 74.8 Å². The van der Waals surface area contributed by atoms with Crippen molar-refractivity contribution in [3.63, 3.8) is 0 Å². The SMILES string of the molecule is C[C@@H](NS(=O)(=O)CC/C=C/Cn1ccc(=O)[nH]c1=O)c1ccc(F)c(OCC2CC2)c1. The summed E-state index contributed by atoms with van der Waals surface area (Å²) in [5.74, 6) is 0.0116. The molecule has 1 heterocycles. The molecule has 31 heavy (non-hydrogen) atoms. The van der Waals surface area contributed by atoms with Crippen molar-refractivity contribution in [2.75, 3.05) is 12.4 Å². The van der Waals surface area contributed by atoms with E-state index >= 15 is 0 Å². The summed E-state index contributed by atoms with van der Waals surface area (Å²) in [5.41, 5.74) is -0.386. The number of nitrogens with one attached hydrogen (secondary N) is 2. The molecule has 1 aromatic heterocycles. The second kappa shape index (κ2) is 10.1. The summed E-state index contributed by atoms with van der Waals surface area (Å²) < 4.78 is 48.1. The number of rotatable bonds is 11. The number of sulfonamides is 1. The number of ether oxygens (including phenoxy) is 1. The van der Waals surface area contributed by atoms with Gasteiger partial charge in [-0.1, -0.05) is 18.2 Å². The first-order valence-electron chi connectivity index (χ1n) is 10.1. The van der Waals surface area contributed by atoms with Gasteiger partial charge < -0.3 is 4.74 Å². The molecule has 2 N–H and O–H groups in total. The molecule has 2 aromatic rings. The Balaban J connectivity index is 1.50. The minimum absolute atomic E-state index is 0.135. The van der Waals surface area contributed by atoms with Crippen LogP contribution in [0.2, 0.25) is 0 Å². The third kappa shape index (κ3) is 7.18. The Kier molecular flexibility index (Phi) is 7.45. The predicted octanol–water partition coefficient (Wildman–Crippen LogP) is 2.09. The fourth-order valence-electron chi connectivity index (χ4n) is 2.91. The lowest BCUT2D eigenvalue weighted by molar-refractivity contribution is 0.285. The molecular formula is C21H26FN3O5S. The quantitative estimate of drug-likeness (QED) is 0.509. The standard InChI is InChI=1S/C21H26FN3O5S/c1-15(17-7-8-18(22)19(13-17)30-14-16-5-6-16)24-31(28,29)12-4-2-3-10-25-11-9-20(26)23-21(25)27/h2-3,7-9,11,13,15-16,24H,4-6,10,12,14H2,1H3,(H,23,26,27)/b3-2+/t15-/m1/s1. The lowest BCUT2D eigenvalue weighted by atomic mass is 10.1. The minimum atomic E-state index is -3.58. The van der Waals surface area contributed by atoms with Gasteiger partial charge in [0, 0.05) is 24.8 Å². The highest BCUT2D eigenvalue weighted by Gasteiger charge is 2.23. The van der Waals surface area contributed by atoms with Crippen molar-refractivity contribution in [2.24, 2.45) is 5.92 Å². The number of H-pyrrole nitrogens is 1. The maximum absolute atomic E-state index is 13.9. The van der Waals surface area contributed by atoms with E-state index in [9.17, 15) is 22.4 Å². The molecule has 1 fully saturated rings. The first kappa shape index (κ1) is 23.0. The van der Waals surface area contributed by atoms with E-state index in [0.29, 0.717) is 18.1 Å². The Hall–Kier alpha value is -2.72. The summed E-state index contributed by atoms with van der Waals surface area (Å²) >= 11 is 0. The lowest BCUT2D eigenvalue weighted by Gasteiger charge is -2.16. The summed E-state index contributed by atoms with van der Waals surface area (Å²) in [6, 6.07) is 5.05. The number of aromatic amines is 1. The number of nitrogens with zero attached hydrogens (tertiary/aromatic N) is 1. The summed E-state index contributed by atoms with van der Waals surface area (Å²) in [6.07, 6.45) is 7.11. The average molecular weight is 452 g/mol. The van der Waals surface area contributed by atoms with Crippen LogP contribution in [0.5, 0.6) is 5.75 Å². The molecule has 1 atom stereocenters. The van der Waals surface area contributed by atoms with Crippen LogP contribution in [0.1, 0.15) is 37.8 Å². The molecule has 0 amide bonds. The topological polar surface area (TPSA) is 110 Å². The van der Waals surface area contributed by atoms with Crippen LogP contribution in [0.4, 0.5) is 4.39 Å². The van der Waals surface area contributed by atoms with Crippen LogP contribution in [-0.2, 0) is 16.6 Å². The van der Waals surface area contributed by atoms with Gasteiger partial charge in [0.1, 0.15) is 0 Å². The number of allylic oxidation sites excluding steroid dienone is 2. The zero-order valence-electron chi connectivity index (χ0n) is 17.2. The Morgan fingerprint density at radius 1 is 1.29 bits per heavy atom. The molecule has 168 valence electrons. The van der Waals surface area contributed by atoms with Gasteiger partial charge in [0.25, 0.3) is 5.56 Å². The molecule has 0 saturated heterocycles. The fourth-order valence-corrected chi connectivity index (χ4v) is 4.14. The third-order valence-electron chi connectivity index (χ3n) is 4.90. The number of hydrogen-bond donors (Lipinski definition) is 2. The molecule has 10 heteroatoms. The second-order valence-corrected chi connectivity index (χ2v) is 9.50. The van der Waals surface area contributed by atoms with E-state index in [-0.39, 0.29) is 24.5 Å². The predicted molar refractivity (Wildman–Crippen MR) is 115 cm³/mol. The second-order valence-electron chi connectivity index (χ2n) is 7.63. The summed E-state index contributed by atoms with van der Waals surface area (Å²) in [7, 11) is -3.58. The van der Waals surface area contributed by atoms with Crippen LogP contribution in [0.3, 0.4) is 0 Å². The number of hydrogen-bond acceptors (Lipinski definition) is 5. The van der Waals surface area contributed by atoms with Crippen LogP contribution in [0.25, 0.3) is 0 Å². The molecule has 1 aromatic carbocycles. The molecule has 1 aliphatic rings. The van der Waals surface area contributed by atoms with Crippen LogP contribution in [-0.4, -0.2) is 30.3 Å². The van der Waals surface area contributed by atoms with Crippen molar-refractivity contribution < 1.29 is 17.5 Å². The number of aromatic nitrogens is 2. The largest absolute Gasteiger partial charge is 0.490 e. The van der Waals surface area contributed by atoms with Crippen LogP contribution in [0.15, 0.2) is 52.2 Å². The van der Waals surface area contributed by atoms with Crippen molar-refractivity contribution in [3.8, 4) is 5.75 Å². The van der Waals surface area contributed by atoms with Gasteiger partial charge in [-0.2, -0.15) is 0 Å². The molecule has 0 bridgehead atoms. The number of halogens is 1. The normalized spacial score (nSPS) is 15.3. The van der Waals surface area contributed by atoms with E-state index in [2.05, 4.69) is 9.71 Å². The monoisotopic (exact) mass is 451 g/mol. The first-order valence-corrected chi connectivity index (χ1v) is 11.8. The Morgan fingerprint density at radius 3 is 2.77 bits per heavy atom. The van der Waals surface area contributed by atoms with Gasteiger partial charge in [0.05, 0.1) is 12.4 Å². The molecule has 0 spiro atoms.